The average Bonchev–Trinajstić information content (AvgIpc) is 3.24. The molecule has 1 amide bonds. The van der Waals surface area contributed by atoms with Gasteiger partial charge in [0.25, 0.3) is 0 Å². The second-order valence-electron chi connectivity index (χ2n) is 9.87. The quantitative estimate of drug-likeness (QED) is 0.696. The number of ether oxygens (including phenoxy) is 1. The summed E-state index contributed by atoms with van der Waals surface area (Å²) in [5, 5.41) is 10.9. The predicted molar refractivity (Wildman–Crippen MR) is 115 cm³/mol. The van der Waals surface area contributed by atoms with E-state index in [0.29, 0.717) is 34.7 Å². The standard InChI is InChI=1S/C24H34ClNO3/c1-5-26(22-17-9-18(27)12-24(11-17)13-20(22)24)23(28)15(4)8-16-6-7-19(10-21(16)25)29-14(2)3/h6-7,10,14-15,17-18,20,22,27H,5,8-9,11-13H2,1-4H3/t15?,17?,18?,20?,22?,24-/m1/s1. The van der Waals surface area contributed by atoms with E-state index in [2.05, 4.69) is 11.8 Å². The molecule has 2 bridgehead atoms. The molecular formula is C24H34ClNO3. The molecule has 1 spiro atoms. The van der Waals surface area contributed by atoms with Gasteiger partial charge >= 0.3 is 0 Å². The summed E-state index contributed by atoms with van der Waals surface area (Å²) in [5.74, 6) is 1.92. The Kier molecular flexibility index (Phi) is 5.63. The van der Waals surface area contributed by atoms with Crippen molar-refractivity contribution in [2.75, 3.05) is 6.54 Å². The average molecular weight is 420 g/mol. The minimum atomic E-state index is -0.180. The van der Waals surface area contributed by atoms with Crippen molar-refractivity contribution in [3.63, 3.8) is 0 Å². The Bertz CT molecular complexity index is 781. The van der Waals surface area contributed by atoms with Crippen LogP contribution >= 0.6 is 11.6 Å². The van der Waals surface area contributed by atoms with Crippen molar-refractivity contribution >= 4 is 17.5 Å². The number of carbonyl (C=O) groups is 1. The predicted octanol–water partition coefficient (Wildman–Crippen LogP) is 4.70. The van der Waals surface area contributed by atoms with Crippen LogP contribution in [0, 0.1) is 23.2 Å². The van der Waals surface area contributed by atoms with Crippen molar-refractivity contribution in [3.8, 4) is 5.75 Å². The van der Waals surface area contributed by atoms with E-state index in [4.69, 9.17) is 16.3 Å². The molecule has 5 unspecified atom stereocenters. The maximum absolute atomic E-state index is 13.4. The molecule has 3 fully saturated rings. The fourth-order valence-corrected chi connectivity index (χ4v) is 6.48. The van der Waals surface area contributed by atoms with Gasteiger partial charge in [0.05, 0.1) is 12.2 Å². The monoisotopic (exact) mass is 419 g/mol. The molecule has 4 nitrogen and oxygen atoms in total. The van der Waals surface area contributed by atoms with Crippen LogP contribution in [0.2, 0.25) is 5.02 Å². The molecule has 3 saturated carbocycles. The van der Waals surface area contributed by atoms with E-state index < -0.39 is 0 Å². The van der Waals surface area contributed by atoms with Gasteiger partial charge in [0.2, 0.25) is 5.91 Å². The lowest BCUT2D eigenvalue weighted by Gasteiger charge is -2.37. The van der Waals surface area contributed by atoms with Gasteiger partial charge in [-0.2, -0.15) is 0 Å². The molecule has 160 valence electrons. The van der Waals surface area contributed by atoms with Gasteiger partial charge < -0.3 is 14.7 Å². The van der Waals surface area contributed by atoms with E-state index in [1.54, 1.807) is 0 Å². The van der Waals surface area contributed by atoms with E-state index in [-0.39, 0.29) is 24.0 Å². The maximum atomic E-state index is 13.4. The lowest BCUT2D eigenvalue weighted by molar-refractivity contribution is -0.138. The molecule has 29 heavy (non-hydrogen) atoms. The molecule has 0 radical (unpaired) electrons. The molecule has 1 aromatic carbocycles. The summed E-state index contributed by atoms with van der Waals surface area (Å²) in [4.78, 5) is 15.5. The van der Waals surface area contributed by atoms with Crippen LogP contribution in [0.25, 0.3) is 0 Å². The molecular weight excluding hydrogens is 386 g/mol. The van der Waals surface area contributed by atoms with Crippen LogP contribution in [0.15, 0.2) is 18.2 Å². The summed E-state index contributed by atoms with van der Waals surface area (Å²) < 4.78 is 5.71. The van der Waals surface area contributed by atoms with Crippen LogP contribution in [-0.4, -0.2) is 40.7 Å². The summed E-state index contributed by atoms with van der Waals surface area (Å²) in [6.45, 7) is 8.81. The van der Waals surface area contributed by atoms with Crippen molar-refractivity contribution in [3.05, 3.63) is 28.8 Å². The second kappa shape index (κ2) is 7.77. The zero-order chi connectivity index (χ0) is 20.9. The van der Waals surface area contributed by atoms with Gasteiger partial charge in [-0.25, -0.2) is 0 Å². The van der Waals surface area contributed by atoms with Crippen molar-refractivity contribution in [1.29, 1.82) is 0 Å². The summed E-state index contributed by atoms with van der Waals surface area (Å²) in [7, 11) is 0. The first-order valence-electron chi connectivity index (χ1n) is 11.2. The van der Waals surface area contributed by atoms with Crippen LogP contribution in [0.3, 0.4) is 0 Å². The number of aliphatic hydroxyl groups excluding tert-OH is 1. The van der Waals surface area contributed by atoms with Gasteiger partial charge in [-0.15, -0.1) is 0 Å². The highest BCUT2D eigenvalue weighted by Crippen LogP contribution is 2.71. The van der Waals surface area contributed by atoms with Crippen molar-refractivity contribution in [2.24, 2.45) is 23.2 Å². The number of benzene rings is 1. The molecule has 3 aliphatic carbocycles. The van der Waals surface area contributed by atoms with Gasteiger partial charge in [0, 0.05) is 23.5 Å². The molecule has 3 aliphatic rings. The second-order valence-corrected chi connectivity index (χ2v) is 10.3. The lowest BCUT2D eigenvalue weighted by atomic mass is 9.80. The first-order valence-corrected chi connectivity index (χ1v) is 11.6. The van der Waals surface area contributed by atoms with Crippen LogP contribution < -0.4 is 4.74 Å². The van der Waals surface area contributed by atoms with Gasteiger partial charge in [0.15, 0.2) is 0 Å². The smallest absolute Gasteiger partial charge is 0.225 e. The number of halogens is 1. The SMILES string of the molecule is CCN(C(=O)C(C)Cc1ccc(OC(C)C)cc1Cl)C1C2CC(O)C[C@]3(C2)CC13. The zero-order valence-corrected chi connectivity index (χ0v) is 18.8. The van der Waals surface area contributed by atoms with Crippen molar-refractivity contribution < 1.29 is 14.6 Å². The highest BCUT2D eigenvalue weighted by molar-refractivity contribution is 6.31. The first kappa shape index (κ1) is 21.0. The minimum Gasteiger partial charge on any atom is -0.491 e. The molecule has 0 saturated heterocycles. The van der Waals surface area contributed by atoms with Gasteiger partial charge in [0.1, 0.15) is 5.75 Å². The van der Waals surface area contributed by atoms with E-state index in [1.165, 1.54) is 12.8 Å². The van der Waals surface area contributed by atoms with Crippen LogP contribution in [0.1, 0.15) is 58.9 Å². The third-order valence-corrected chi connectivity index (χ3v) is 7.71. The molecule has 4 rings (SSSR count). The van der Waals surface area contributed by atoms with Crippen LogP contribution in [0.4, 0.5) is 0 Å². The van der Waals surface area contributed by atoms with Gasteiger partial charge in [-0.05, 0) is 87.8 Å². The maximum Gasteiger partial charge on any atom is 0.225 e. The van der Waals surface area contributed by atoms with E-state index in [9.17, 15) is 9.90 Å². The number of carbonyl (C=O) groups excluding carboxylic acids is 1. The topological polar surface area (TPSA) is 49.8 Å². The third-order valence-electron chi connectivity index (χ3n) is 7.36. The Hall–Kier alpha value is -1.26. The number of rotatable bonds is 7. The Morgan fingerprint density at radius 1 is 1.31 bits per heavy atom. The van der Waals surface area contributed by atoms with E-state index >= 15 is 0 Å². The fourth-order valence-electron chi connectivity index (χ4n) is 6.24. The Labute approximate surface area is 179 Å². The zero-order valence-electron chi connectivity index (χ0n) is 18.0. The summed E-state index contributed by atoms with van der Waals surface area (Å²) in [6.07, 6.45) is 4.72. The largest absolute Gasteiger partial charge is 0.491 e. The molecule has 1 aromatic rings. The molecule has 0 aliphatic heterocycles. The normalized spacial score (nSPS) is 33.3. The van der Waals surface area contributed by atoms with Crippen LogP contribution in [0.5, 0.6) is 5.75 Å². The fraction of sp³-hybridized carbons (Fsp3) is 0.708. The lowest BCUT2D eigenvalue weighted by Crippen LogP contribution is -2.47. The number of aliphatic hydroxyl groups is 1. The first-order chi connectivity index (χ1) is 13.7. The Morgan fingerprint density at radius 2 is 2.07 bits per heavy atom. The Balaban J connectivity index is 1.45. The summed E-state index contributed by atoms with van der Waals surface area (Å²) >= 11 is 6.49. The van der Waals surface area contributed by atoms with E-state index in [0.717, 1.165) is 30.7 Å². The van der Waals surface area contributed by atoms with Gasteiger partial charge in [-0.3, -0.25) is 4.79 Å². The number of hydrogen-bond acceptors (Lipinski definition) is 3. The van der Waals surface area contributed by atoms with Crippen LogP contribution in [-0.2, 0) is 11.2 Å². The van der Waals surface area contributed by atoms with Crippen molar-refractivity contribution in [2.45, 2.75) is 78.0 Å². The number of amides is 1. The van der Waals surface area contributed by atoms with E-state index in [1.807, 2.05) is 39.0 Å². The highest BCUT2D eigenvalue weighted by atomic mass is 35.5. The summed E-state index contributed by atoms with van der Waals surface area (Å²) in [5.41, 5.74) is 1.32. The number of hydrogen-bond donors (Lipinski definition) is 1. The third kappa shape index (κ3) is 3.90. The van der Waals surface area contributed by atoms with Crippen molar-refractivity contribution in [1.82, 2.24) is 4.90 Å². The number of nitrogens with zero attached hydrogens (tertiary/aromatic N) is 1. The Morgan fingerprint density at radius 3 is 2.72 bits per heavy atom. The molecule has 6 atom stereocenters. The minimum absolute atomic E-state index is 0.102. The molecule has 1 N–H and O–H groups in total. The number of fused-ring (bicyclic) bond motifs is 1. The molecule has 0 aromatic heterocycles. The summed E-state index contributed by atoms with van der Waals surface area (Å²) in [6, 6.07) is 6.07. The van der Waals surface area contributed by atoms with Gasteiger partial charge in [-0.1, -0.05) is 24.6 Å². The highest BCUT2D eigenvalue weighted by Gasteiger charge is 2.69. The molecule has 5 heteroatoms. The molecule has 0 heterocycles.